The quantitative estimate of drug-likeness (QED) is 0.328. The zero-order valence-corrected chi connectivity index (χ0v) is 11.5. The first-order chi connectivity index (χ1) is 8.16. The van der Waals surface area contributed by atoms with Crippen LogP contribution in [0.3, 0.4) is 0 Å². The lowest BCUT2D eigenvalue weighted by atomic mass is 10.2. The smallest absolute Gasteiger partial charge is 0.312 e. The van der Waals surface area contributed by atoms with E-state index in [0.29, 0.717) is 22.7 Å². The number of halogens is 2. The molecule has 4 nitrogen and oxygen atoms in total. The van der Waals surface area contributed by atoms with E-state index in [-0.39, 0.29) is 5.69 Å². The average molecular weight is 323 g/mol. The first-order valence-electron chi connectivity index (χ1n) is 5.28. The number of hydrogen-bond donors (Lipinski definition) is 0. The standard InChI is InChI=1S/C11H13BrClNO3/c12-9-5-4-6-10(14(15)16)11(9)17-8-3-1-2-7-13/h4-6H,1-3,7-8H2. The SMILES string of the molecule is O=[N+]([O-])c1cccc(Br)c1OCCCCCCl. The van der Waals surface area contributed by atoms with E-state index in [2.05, 4.69) is 15.9 Å². The molecule has 0 spiro atoms. The second-order valence-corrected chi connectivity index (χ2v) is 4.68. The predicted molar refractivity (Wildman–Crippen MR) is 70.9 cm³/mol. The van der Waals surface area contributed by atoms with Gasteiger partial charge in [-0.1, -0.05) is 6.07 Å². The van der Waals surface area contributed by atoms with Gasteiger partial charge in [-0.3, -0.25) is 10.1 Å². The van der Waals surface area contributed by atoms with Gasteiger partial charge in [0, 0.05) is 11.9 Å². The van der Waals surface area contributed by atoms with Crippen molar-refractivity contribution in [2.45, 2.75) is 19.3 Å². The Morgan fingerprint density at radius 1 is 1.35 bits per heavy atom. The molecule has 0 aromatic heterocycles. The minimum atomic E-state index is -0.446. The highest BCUT2D eigenvalue weighted by atomic mass is 79.9. The van der Waals surface area contributed by atoms with Gasteiger partial charge in [0.15, 0.2) is 0 Å². The second-order valence-electron chi connectivity index (χ2n) is 3.44. The maximum absolute atomic E-state index is 10.8. The van der Waals surface area contributed by atoms with Crippen LogP contribution < -0.4 is 4.74 Å². The van der Waals surface area contributed by atoms with Gasteiger partial charge in [-0.05, 0) is 41.3 Å². The van der Waals surface area contributed by atoms with Crippen LogP contribution in [0.4, 0.5) is 5.69 Å². The highest BCUT2D eigenvalue weighted by Crippen LogP contribution is 2.34. The van der Waals surface area contributed by atoms with Crippen molar-refractivity contribution in [3.05, 3.63) is 32.8 Å². The van der Waals surface area contributed by atoms with Crippen LogP contribution in [0.15, 0.2) is 22.7 Å². The van der Waals surface area contributed by atoms with Gasteiger partial charge in [0.25, 0.3) is 0 Å². The lowest BCUT2D eigenvalue weighted by Gasteiger charge is -2.08. The molecule has 0 unspecified atom stereocenters. The van der Waals surface area contributed by atoms with Crippen LogP contribution in [0.1, 0.15) is 19.3 Å². The van der Waals surface area contributed by atoms with Gasteiger partial charge in [-0.25, -0.2) is 0 Å². The van der Waals surface area contributed by atoms with Crippen molar-refractivity contribution in [1.82, 2.24) is 0 Å². The number of unbranched alkanes of at least 4 members (excludes halogenated alkanes) is 2. The van der Waals surface area contributed by atoms with Crippen LogP contribution in [0.2, 0.25) is 0 Å². The number of nitro benzene ring substituents is 1. The molecule has 1 aromatic rings. The topological polar surface area (TPSA) is 52.4 Å². The molecule has 1 rings (SSSR count). The lowest BCUT2D eigenvalue weighted by Crippen LogP contribution is -2.01. The van der Waals surface area contributed by atoms with Crippen molar-refractivity contribution in [1.29, 1.82) is 0 Å². The van der Waals surface area contributed by atoms with E-state index in [1.165, 1.54) is 6.07 Å². The summed E-state index contributed by atoms with van der Waals surface area (Å²) in [6.45, 7) is 0.459. The Morgan fingerprint density at radius 3 is 2.76 bits per heavy atom. The molecule has 0 N–H and O–H groups in total. The zero-order valence-electron chi connectivity index (χ0n) is 9.20. The molecule has 0 bridgehead atoms. The number of rotatable bonds is 7. The third-order valence-electron chi connectivity index (χ3n) is 2.17. The second kappa shape index (κ2) is 7.50. The molecular weight excluding hydrogens is 309 g/mol. The predicted octanol–water partition coefficient (Wildman–Crippen LogP) is 4.15. The number of ether oxygens (including phenoxy) is 1. The van der Waals surface area contributed by atoms with Crippen molar-refractivity contribution in [2.75, 3.05) is 12.5 Å². The van der Waals surface area contributed by atoms with Crippen LogP contribution in [-0.2, 0) is 0 Å². The number of benzene rings is 1. The highest BCUT2D eigenvalue weighted by molar-refractivity contribution is 9.10. The van der Waals surface area contributed by atoms with Crippen molar-refractivity contribution < 1.29 is 9.66 Å². The van der Waals surface area contributed by atoms with Crippen molar-refractivity contribution in [3.63, 3.8) is 0 Å². The molecule has 0 amide bonds. The van der Waals surface area contributed by atoms with E-state index in [9.17, 15) is 10.1 Å². The third kappa shape index (κ3) is 4.52. The van der Waals surface area contributed by atoms with Crippen LogP contribution >= 0.6 is 27.5 Å². The summed E-state index contributed by atoms with van der Waals surface area (Å²) < 4.78 is 6.05. The Bertz CT molecular complexity index is 387. The molecule has 0 heterocycles. The molecule has 1 aromatic carbocycles. The van der Waals surface area contributed by atoms with E-state index in [0.717, 1.165) is 19.3 Å². The molecule has 0 fully saturated rings. The van der Waals surface area contributed by atoms with E-state index >= 15 is 0 Å². The Hall–Kier alpha value is -0.810. The minimum absolute atomic E-state index is 0.0169. The van der Waals surface area contributed by atoms with Crippen LogP contribution in [0, 0.1) is 10.1 Å². The Morgan fingerprint density at radius 2 is 2.12 bits per heavy atom. The van der Waals surface area contributed by atoms with Crippen LogP contribution in [0.25, 0.3) is 0 Å². The number of nitrogens with zero attached hydrogens (tertiary/aromatic N) is 1. The molecule has 0 aliphatic carbocycles. The average Bonchev–Trinajstić information content (AvgIpc) is 2.30. The molecular formula is C11H13BrClNO3. The van der Waals surface area contributed by atoms with Gasteiger partial charge >= 0.3 is 5.69 Å². The Balaban J connectivity index is 2.60. The zero-order chi connectivity index (χ0) is 12.7. The summed E-state index contributed by atoms with van der Waals surface area (Å²) in [5, 5.41) is 10.8. The summed E-state index contributed by atoms with van der Waals surface area (Å²) in [6, 6.07) is 4.77. The van der Waals surface area contributed by atoms with E-state index in [1.807, 2.05) is 0 Å². The molecule has 0 aliphatic heterocycles. The number of nitro groups is 1. The number of para-hydroxylation sites is 1. The van der Waals surface area contributed by atoms with Gasteiger partial charge in [0.2, 0.25) is 5.75 Å². The molecule has 0 saturated carbocycles. The largest absolute Gasteiger partial charge is 0.486 e. The van der Waals surface area contributed by atoms with E-state index < -0.39 is 4.92 Å². The van der Waals surface area contributed by atoms with E-state index in [1.54, 1.807) is 12.1 Å². The Labute approximate surface area is 113 Å². The summed E-state index contributed by atoms with van der Waals surface area (Å²) in [5.74, 6) is 0.929. The summed E-state index contributed by atoms with van der Waals surface area (Å²) >= 11 is 8.80. The molecule has 0 saturated heterocycles. The van der Waals surface area contributed by atoms with Crippen molar-refractivity contribution >= 4 is 33.2 Å². The fourth-order valence-corrected chi connectivity index (χ4v) is 1.99. The lowest BCUT2D eigenvalue weighted by molar-refractivity contribution is -0.386. The monoisotopic (exact) mass is 321 g/mol. The fraction of sp³-hybridized carbons (Fsp3) is 0.455. The van der Waals surface area contributed by atoms with Gasteiger partial charge in [0.05, 0.1) is 16.0 Å². The van der Waals surface area contributed by atoms with Crippen LogP contribution in [0.5, 0.6) is 5.75 Å². The van der Waals surface area contributed by atoms with Gasteiger partial charge in [-0.2, -0.15) is 0 Å². The highest BCUT2D eigenvalue weighted by Gasteiger charge is 2.17. The van der Waals surface area contributed by atoms with Gasteiger partial charge in [0.1, 0.15) is 0 Å². The normalized spacial score (nSPS) is 10.2. The minimum Gasteiger partial charge on any atom is -0.486 e. The first-order valence-corrected chi connectivity index (χ1v) is 6.61. The number of alkyl halides is 1. The molecule has 17 heavy (non-hydrogen) atoms. The first kappa shape index (κ1) is 14.3. The van der Waals surface area contributed by atoms with Crippen LogP contribution in [-0.4, -0.2) is 17.4 Å². The van der Waals surface area contributed by atoms with Gasteiger partial charge in [-0.15, -0.1) is 11.6 Å². The molecule has 94 valence electrons. The Kier molecular flexibility index (Phi) is 6.29. The molecule has 0 atom stereocenters. The summed E-state index contributed by atoms with van der Waals surface area (Å²) in [7, 11) is 0. The molecule has 6 heteroatoms. The summed E-state index contributed by atoms with van der Waals surface area (Å²) in [4.78, 5) is 10.4. The third-order valence-corrected chi connectivity index (χ3v) is 3.06. The van der Waals surface area contributed by atoms with Gasteiger partial charge < -0.3 is 4.74 Å². The molecule has 0 aliphatic rings. The molecule has 0 radical (unpaired) electrons. The van der Waals surface area contributed by atoms with Crippen molar-refractivity contribution in [3.8, 4) is 5.75 Å². The number of hydrogen-bond acceptors (Lipinski definition) is 3. The maximum atomic E-state index is 10.8. The van der Waals surface area contributed by atoms with E-state index in [4.69, 9.17) is 16.3 Å². The summed E-state index contributed by atoms with van der Waals surface area (Å²) in [6.07, 6.45) is 2.73. The summed E-state index contributed by atoms with van der Waals surface area (Å²) in [5.41, 5.74) is -0.0169. The fourth-order valence-electron chi connectivity index (χ4n) is 1.33. The van der Waals surface area contributed by atoms with Crippen molar-refractivity contribution in [2.24, 2.45) is 0 Å². The maximum Gasteiger partial charge on any atom is 0.312 e.